The number of amides is 1. The number of ether oxygens (including phenoxy) is 1. The number of benzene rings is 3. The summed E-state index contributed by atoms with van der Waals surface area (Å²) in [7, 11) is 3.60. The number of alkyl halides is 6. The molecule has 1 amide bonds. The minimum Gasteiger partial charge on any atom is -0.373 e. The van der Waals surface area contributed by atoms with Crippen LogP contribution in [0.4, 0.5) is 26.3 Å². The van der Waals surface area contributed by atoms with Crippen molar-refractivity contribution >= 4 is 5.91 Å². The van der Waals surface area contributed by atoms with Gasteiger partial charge in [0, 0.05) is 24.9 Å². The zero-order valence-electron chi connectivity index (χ0n) is 22.8. The van der Waals surface area contributed by atoms with Crippen LogP contribution in [0, 0.1) is 5.92 Å². The molecule has 0 radical (unpaired) electrons. The van der Waals surface area contributed by atoms with Gasteiger partial charge < -0.3 is 14.5 Å². The molecule has 0 aliphatic carbocycles. The summed E-state index contributed by atoms with van der Waals surface area (Å²) in [6, 6.07) is 20.8. The van der Waals surface area contributed by atoms with E-state index in [1.54, 1.807) is 23.9 Å². The van der Waals surface area contributed by atoms with Crippen molar-refractivity contribution in [2.45, 2.75) is 37.4 Å². The van der Waals surface area contributed by atoms with Crippen molar-refractivity contribution in [3.63, 3.8) is 0 Å². The van der Waals surface area contributed by atoms with Gasteiger partial charge >= 0.3 is 12.4 Å². The van der Waals surface area contributed by atoms with Crippen LogP contribution in [0.15, 0.2) is 78.9 Å². The van der Waals surface area contributed by atoms with Crippen LogP contribution in [0.1, 0.15) is 40.2 Å². The Kier molecular flexibility index (Phi) is 9.44. The zero-order chi connectivity index (χ0) is 29.8. The average molecular weight is 579 g/mol. The highest BCUT2D eigenvalue weighted by molar-refractivity contribution is 5.78. The standard InChI is InChI=1S/C31H32F6N2O2/c1-38(2)19-28(40)39-14-13-27(41-20-21-15-24(30(32,33)34)17-25(16-21)31(35,36)37)26(18-39)29(22-9-5-3-6-10-22)23-11-7-4-8-12-23/h3-12,15-17,26-27,29H,13-14,18-20H2,1-2H3. The van der Waals surface area contributed by atoms with Crippen LogP contribution in [-0.2, 0) is 28.5 Å². The lowest BCUT2D eigenvalue weighted by molar-refractivity contribution is -0.143. The van der Waals surface area contributed by atoms with E-state index in [4.69, 9.17) is 4.74 Å². The van der Waals surface area contributed by atoms with Crippen LogP contribution in [-0.4, -0.2) is 55.5 Å². The maximum absolute atomic E-state index is 13.4. The summed E-state index contributed by atoms with van der Waals surface area (Å²) in [5.74, 6) is -0.608. The van der Waals surface area contributed by atoms with Crippen LogP contribution in [0.5, 0.6) is 0 Å². The van der Waals surface area contributed by atoms with Gasteiger partial charge in [-0.05, 0) is 55.4 Å². The third kappa shape index (κ3) is 7.89. The Hall–Kier alpha value is -3.37. The number of carbonyl (C=O) groups excluding carboxylic acids is 1. The fraction of sp³-hybridized carbons (Fsp3) is 0.387. The molecule has 4 nitrogen and oxygen atoms in total. The summed E-state index contributed by atoms with van der Waals surface area (Å²) in [5, 5.41) is 0. The van der Waals surface area contributed by atoms with E-state index in [0.29, 0.717) is 31.6 Å². The maximum Gasteiger partial charge on any atom is 0.416 e. The molecule has 1 fully saturated rings. The van der Waals surface area contributed by atoms with Crippen molar-refractivity contribution in [1.82, 2.24) is 9.80 Å². The predicted molar refractivity (Wildman–Crippen MR) is 143 cm³/mol. The summed E-state index contributed by atoms with van der Waals surface area (Å²) in [6.45, 7) is 0.461. The molecule has 10 heteroatoms. The lowest BCUT2D eigenvalue weighted by atomic mass is 9.75. The monoisotopic (exact) mass is 578 g/mol. The highest BCUT2D eigenvalue weighted by Crippen LogP contribution is 2.40. The fourth-order valence-electron chi connectivity index (χ4n) is 5.40. The Morgan fingerprint density at radius 3 is 1.85 bits per heavy atom. The topological polar surface area (TPSA) is 32.8 Å². The van der Waals surface area contributed by atoms with Crippen LogP contribution < -0.4 is 0 Å². The molecule has 4 rings (SSSR count). The molecule has 2 unspecified atom stereocenters. The van der Waals surface area contributed by atoms with Gasteiger partial charge in [0.05, 0.1) is 30.4 Å². The first-order valence-electron chi connectivity index (χ1n) is 13.3. The molecular formula is C31H32F6N2O2. The number of piperidine rings is 1. The van der Waals surface area contributed by atoms with Gasteiger partial charge in [0.25, 0.3) is 0 Å². The molecule has 0 saturated carbocycles. The van der Waals surface area contributed by atoms with E-state index < -0.39 is 36.2 Å². The number of carbonyl (C=O) groups is 1. The maximum atomic E-state index is 13.4. The lowest BCUT2D eigenvalue weighted by Crippen LogP contribution is -2.50. The highest BCUT2D eigenvalue weighted by Gasteiger charge is 2.40. The molecule has 1 aliphatic heterocycles. The van der Waals surface area contributed by atoms with Gasteiger partial charge in [-0.1, -0.05) is 60.7 Å². The zero-order valence-corrected chi connectivity index (χ0v) is 22.8. The summed E-state index contributed by atoms with van der Waals surface area (Å²) < 4.78 is 86.8. The number of hydrogen-bond donors (Lipinski definition) is 0. The Morgan fingerprint density at radius 2 is 1.39 bits per heavy atom. The molecule has 1 heterocycles. The smallest absolute Gasteiger partial charge is 0.373 e. The van der Waals surface area contributed by atoms with E-state index in [2.05, 4.69) is 0 Å². The van der Waals surface area contributed by atoms with Crippen molar-refractivity contribution in [1.29, 1.82) is 0 Å². The van der Waals surface area contributed by atoms with Gasteiger partial charge in [0.1, 0.15) is 0 Å². The van der Waals surface area contributed by atoms with E-state index >= 15 is 0 Å². The van der Waals surface area contributed by atoms with E-state index in [1.807, 2.05) is 60.7 Å². The van der Waals surface area contributed by atoms with Gasteiger partial charge in [-0.3, -0.25) is 4.79 Å². The van der Waals surface area contributed by atoms with Crippen molar-refractivity contribution in [3.05, 3.63) is 107 Å². The number of halogens is 6. The third-order valence-corrected chi connectivity index (χ3v) is 7.25. The molecule has 0 bridgehead atoms. The Labute approximate surface area is 235 Å². The molecule has 41 heavy (non-hydrogen) atoms. The summed E-state index contributed by atoms with van der Waals surface area (Å²) in [6.07, 6.45) is -10.0. The molecule has 0 spiro atoms. The van der Waals surface area contributed by atoms with Crippen molar-refractivity contribution < 1.29 is 35.9 Å². The molecule has 220 valence electrons. The van der Waals surface area contributed by atoms with Crippen LogP contribution in [0.3, 0.4) is 0 Å². The first-order chi connectivity index (χ1) is 19.3. The largest absolute Gasteiger partial charge is 0.416 e. The second-order valence-corrected chi connectivity index (χ2v) is 10.6. The van der Waals surface area contributed by atoms with Gasteiger partial charge in [-0.25, -0.2) is 0 Å². The second kappa shape index (κ2) is 12.7. The van der Waals surface area contributed by atoms with E-state index in [9.17, 15) is 31.1 Å². The minimum absolute atomic E-state index is 0.0639. The molecule has 3 aromatic rings. The molecule has 0 N–H and O–H groups in total. The van der Waals surface area contributed by atoms with Gasteiger partial charge in [-0.2, -0.15) is 26.3 Å². The minimum atomic E-state index is -4.94. The Balaban J connectivity index is 1.69. The van der Waals surface area contributed by atoms with E-state index in [1.165, 1.54) is 0 Å². The third-order valence-electron chi connectivity index (χ3n) is 7.25. The SMILES string of the molecule is CN(C)CC(=O)N1CCC(OCc2cc(C(F)(F)F)cc(C(F)(F)F)c2)C(C(c2ccccc2)c2ccccc2)C1. The highest BCUT2D eigenvalue weighted by atomic mass is 19.4. The molecule has 3 aromatic carbocycles. The van der Waals surface area contributed by atoms with E-state index in [-0.39, 0.29) is 35.9 Å². The number of likely N-dealkylation sites (N-methyl/N-ethyl adjacent to an activating group) is 1. The lowest BCUT2D eigenvalue weighted by Gasteiger charge is -2.43. The van der Waals surface area contributed by atoms with Crippen molar-refractivity contribution in [2.75, 3.05) is 33.7 Å². The molecule has 2 atom stereocenters. The predicted octanol–water partition coefficient (Wildman–Crippen LogP) is 6.85. The quantitative estimate of drug-likeness (QED) is 0.274. The Bertz CT molecular complexity index is 1220. The van der Waals surface area contributed by atoms with Gasteiger partial charge in [0.2, 0.25) is 5.91 Å². The second-order valence-electron chi connectivity index (χ2n) is 10.6. The molecule has 0 aromatic heterocycles. The first-order valence-corrected chi connectivity index (χ1v) is 13.3. The van der Waals surface area contributed by atoms with Crippen molar-refractivity contribution in [3.8, 4) is 0 Å². The summed E-state index contributed by atoms with van der Waals surface area (Å²) in [5.41, 5.74) is -1.03. The van der Waals surface area contributed by atoms with Crippen LogP contribution >= 0.6 is 0 Å². The normalized spacial score (nSPS) is 18.2. The van der Waals surface area contributed by atoms with E-state index in [0.717, 1.165) is 11.1 Å². The Morgan fingerprint density at radius 1 is 0.878 bits per heavy atom. The van der Waals surface area contributed by atoms with Crippen molar-refractivity contribution in [2.24, 2.45) is 5.92 Å². The number of hydrogen-bond acceptors (Lipinski definition) is 3. The number of nitrogens with zero attached hydrogens (tertiary/aromatic N) is 2. The van der Waals surface area contributed by atoms with Gasteiger partial charge in [-0.15, -0.1) is 0 Å². The first kappa shape index (κ1) is 30.6. The molecule has 1 aliphatic rings. The number of likely N-dealkylation sites (tertiary alicyclic amines) is 1. The number of rotatable bonds is 8. The fourth-order valence-corrected chi connectivity index (χ4v) is 5.40. The van der Waals surface area contributed by atoms with Crippen LogP contribution in [0.25, 0.3) is 0 Å². The molecular weight excluding hydrogens is 546 g/mol. The average Bonchev–Trinajstić information content (AvgIpc) is 2.92. The van der Waals surface area contributed by atoms with Crippen LogP contribution in [0.2, 0.25) is 0 Å². The summed E-state index contributed by atoms with van der Waals surface area (Å²) in [4.78, 5) is 16.6. The molecule has 1 saturated heterocycles. The van der Waals surface area contributed by atoms with Gasteiger partial charge in [0.15, 0.2) is 0 Å². The summed E-state index contributed by atoms with van der Waals surface area (Å²) >= 11 is 0.